The van der Waals surface area contributed by atoms with E-state index in [1.54, 1.807) is 0 Å². The molecule has 10 aromatic rings. The van der Waals surface area contributed by atoms with E-state index in [0.717, 1.165) is 39.0 Å². The summed E-state index contributed by atoms with van der Waals surface area (Å²) in [6.07, 6.45) is 0. The van der Waals surface area contributed by atoms with Crippen molar-refractivity contribution in [2.45, 2.75) is 0 Å². The number of fused-ring (bicyclic) bond motifs is 4. The Morgan fingerprint density at radius 1 is 0.315 bits per heavy atom. The van der Waals surface area contributed by atoms with Gasteiger partial charge in [-0.3, -0.25) is 0 Å². The van der Waals surface area contributed by atoms with Crippen molar-refractivity contribution in [3.8, 4) is 44.5 Å². The topological polar surface area (TPSA) is 16.4 Å². The molecular weight excluding hydrogens is 655 g/mol. The summed E-state index contributed by atoms with van der Waals surface area (Å²) in [4.78, 5) is 2.36. The smallest absolute Gasteiger partial charge is 0.137 e. The first-order chi connectivity index (χ1) is 26.8. The molecule has 0 atom stereocenters. The molecule has 0 bridgehead atoms. The molecule has 0 fully saturated rings. The fourth-order valence-corrected chi connectivity index (χ4v) is 7.90. The first kappa shape index (κ1) is 31.6. The van der Waals surface area contributed by atoms with E-state index in [1.807, 2.05) is 12.1 Å². The van der Waals surface area contributed by atoms with Gasteiger partial charge in [0.05, 0.1) is 11.1 Å². The van der Waals surface area contributed by atoms with E-state index in [0.29, 0.717) is 0 Å². The Kier molecular flexibility index (Phi) is 7.85. The van der Waals surface area contributed by atoms with E-state index in [-0.39, 0.29) is 0 Å². The zero-order valence-electron chi connectivity index (χ0n) is 29.6. The third-order valence-corrected chi connectivity index (χ3v) is 10.5. The molecule has 1 heterocycles. The van der Waals surface area contributed by atoms with Crippen LogP contribution in [0, 0.1) is 0 Å². The zero-order chi connectivity index (χ0) is 35.8. The number of benzene rings is 9. The molecule has 0 aliphatic carbocycles. The van der Waals surface area contributed by atoms with E-state index >= 15 is 0 Å². The van der Waals surface area contributed by atoms with E-state index in [2.05, 4.69) is 205 Å². The summed E-state index contributed by atoms with van der Waals surface area (Å²) in [5.41, 5.74) is 14.6. The van der Waals surface area contributed by atoms with Crippen LogP contribution in [-0.4, -0.2) is 0 Å². The quantitative estimate of drug-likeness (QED) is 0.166. The van der Waals surface area contributed by atoms with Crippen molar-refractivity contribution in [2.75, 3.05) is 4.90 Å². The van der Waals surface area contributed by atoms with E-state index in [1.165, 1.54) is 55.3 Å². The van der Waals surface area contributed by atoms with Gasteiger partial charge >= 0.3 is 0 Å². The second-order valence-electron chi connectivity index (χ2n) is 13.7. The highest BCUT2D eigenvalue weighted by Gasteiger charge is 2.20. The van der Waals surface area contributed by atoms with Crippen LogP contribution in [0.3, 0.4) is 0 Å². The first-order valence-electron chi connectivity index (χ1n) is 18.4. The molecule has 9 aromatic carbocycles. The van der Waals surface area contributed by atoms with Crippen molar-refractivity contribution in [2.24, 2.45) is 0 Å². The minimum atomic E-state index is 0.869. The van der Waals surface area contributed by atoms with Gasteiger partial charge in [-0.25, -0.2) is 0 Å². The lowest BCUT2D eigenvalue weighted by atomic mass is 9.93. The number of furan rings is 1. The lowest BCUT2D eigenvalue weighted by Crippen LogP contribution is -2.10. The van der Waals surface area contributed by atoms with E-state index in [4.69, 9.17) is 4.42 Å². The summed E-state index contributed by atoms with van der Waals surface area (Å²) >= 11 is 0. The SMILES string of the molecule is c1ccc(-c2ccccc2-c2ccc(N(c3ccc(-c4cc(-c5ccccc5)c5ccccc5c4)cc3)c3cccc4oc5ccccc5c34)cc2)cc1. The molecule has 1 aromatic heterocycles. The van der Waals surface area contributed by atoms with Gasteiger partial charge in [0.15, 0.2) is 0 Å². The van der Waals surface area contributed by atoms with Crippen molar-refractivity contribution in [3.63, 3.8) is 0 Å². The molecule has 2 nitrogen and oxygen atoms in total. The lowest BCUT2D eigenvalue weighted by molar-refractivity contribution is 0.669. The highest BCUT2D eigenvalue weighted by Crippen LogP contribution is 2.44. The van der Waals surface area contributed by atoms with Gasteiger partial charge in [-0.15, -0.1) is 0 Å². The summed E-state index contributed by atoms with van der Waals surface area (Å²) in [5, 5.41) is 4.68. The summed E-state index contributed by atoms with van der Waals surface area (Å²) in [7, 11) is 0. The zero-order valence-corrected chi connectivity index (χ0v) is 29.6. The molecule has 54 heavy (non-hydrogen) atoms. The van der Waals surface area contributed by atoms with Crippen LogP contribution in [0.2, 0.25) is 0 Å². The Hall–Kier alpha value is -7.16. The van der Waals surface area contributed by atoms with Crippen LogP contribution in [0.25, 0.3) is 77.2 Å². The molecule has 0 radical (unpaired) electrons. The fraction of sp³-hybridized carbons (Fsp3) is 0. The minimum Gasteiger partial charge on any atom is -0.456 e. The predicted molar refractivity (Wildman–Crippen MR) is 228 cm³/mol. The molecular formula is C52H35NO. The molecule has 0 spiro atoms. The lowest BCUT2D eigenvalue weighted by Gasteiger charge is -2.27. The summed E-state index contributed by atoms with van der Waals surface area (Å²) in [6.45, 7) is 0. The Morgan fingerprint density at radius 3 is 1.52 bits per heavy atom. The Balaban J connectivity index is 1.10. The second kappa shape index (κ2) is 13.4. The number of hydrogen-bond donors (Lipinski definition) is 0. The van der Waals surface area contributed by atoms with Crippen molar-refractivity contribution in [1.29, 1.82) is 0 Å². The van der Waals surface area contributed by atoms with Crippen LogP contribution >= 0.6 is 0 Å². The normalized spacial score (nSPS) is 11.3. The van der Waals surface area contributed by atoms with Crippen molar-refractivity contribution in [1.82, 2.24) is 0 Å². The monoisotopic (exact) mass is 689 g/mol. The number of para-hydroxylation sites is 1. The molecule has 0 unspecified atom stereocenters. The number of anilines is 3. The van der Waals surface area contributed by atoms with Gasteiger partial charge < -0.3 is 9.32 Å². The van der Waals surface area contributed by atoms with E-state index < -0.39 is 0 Å². The van der Waals surface area contributed by atoms with Crippen molar-refractivity contribution in [3.05, 3.63) is 212 Å². The van der Waals surface area contributed by atoms with Gasteiger partial charge in [0.1, 0.15) is 11.2 Å². The Bertz CT molecular complexity index is 2910. The summed E-state index contributed by atoms with van der Waals surface area (Å²) in [5.74, 6) is 0. The highest BCUT2D eigenvalue weighted by atomic mass is 16.3. The molecule has 0 amide bonds. The van der Waals surface area contributed by atoms with Gasteiger partial charge in [0, 0.05) is 16.8 Å². The minimum absolute atomic E-state index is 0.869. The van der Waals surface area contributed by atoms with Gasteiger partial charge in [-0.05, 0) is 110 Å². The summed E-state index contributed by atoms with van der Waals surface area (Å²) in [6, 6.07) is 75.8. The maximum absolute atomic E-state index is 6.38. The molecule has 10 rings (SSSR count). The third-order valence-electron chi connectivity index (χ3n) is 10.5. The van der Waals surface area contributed by atoms with E-state index in [9.17, 15) is 0 Å². The van der Waals surface area contributed by atoms with Crippen molar-refractivity contribution < 1.29 is 4.42 Å². The van der Waals surface area contributed by atoms with Crippen molar-refractivity contribution >= 4 is 49.8 Å². The first-order valence-corrected chi connectivity index (χ1v) is 18.4. The van der Waals surface area contributed by atoms with Gasteiger partial charge in [-0.1, -0.05) is 158 Å². The molecule has 0 aliphatic heterocycles. The molecule has 254 valence electrons. The predicted octanol–water partition coefficient (Wildman–Crippen LogP) is 14.9. The fourth-order valence-electron chi connectivity index (χ4n) is 7.90. The number of nitrogens with zero attached hydrogens (tertiary/aromatic N) is 1. The Labute approximate surface area is 314 Å². The molecule has 0 N–H and O–H groups in total. The van der Waals surface area contributed by atoms with Crippen LogP contribution in [0.1, 0.15) is 0 Å². The molecule has 0 saturated carbocycles. The van der Waals surface area contributed by atoms with Gasteiger partial charge in [-0.2, -0.15) is 0 Å². The molecule has 0 aliphatic rings. The van der Waals surface area contributed by atoms with Crippen LogP contribution in [-0.2, 0) is 0 Å². The highest BCUT2D eigenvalue weighted by molar-refractivity contribution is 6.13. The summed E-state index contributed by atoms with van der Waals surface area (Å²) < 4.78 is 6.38. The maximum atomic E-state index is 6.38. The van der Waals surface area contributed by atoms with Crippen LogP contribution in [0.15, 0.2) is 217 Å². The average molecular weight is 690 g/mol. The maximum Gasteiger partial charge on any atom is 0.137 e. The van der Waals surface area contributed by atoms with Gasteiger partial charge in [0.2, 0.25) is 0 Å². The van der Waals surface area contributed by atoms with Crippen LogP contribution in [0.5, 0.6) is 0 Å². The number of rotatable bonds is 7. The van der Waals surface area contributed by atoms with Crippen LogP contribution < -0.4 is 4.90 Å². The second-order valence-corrected chi connectivity index (χ2v) is 13.7. The number of hydrogen-bond acceptors (Lipinski definition) is 2. The molecule has 0 saturated heterocycles. The molecule has 2 heteroatoms. The third kappa shape index (κ3) is 5.62. The largest absolute Gasteiger partial charge is 0.456 e. The van der Waals surface area contributed by atoms with Gasteiger partial charge in [0.25, 0.3) is 0 Å². The average Bonchev–Trinajstić information content (AvgIpc) is 3.64. The standard InChI is InChI=1S/C52H35NO/c1-3-14-37(15-4-1)44-19-9-10-20-45(44)39-28-32-43(33-29-39)53(49-23-13-25-51-52(49)47-22-11-12-24-50(47)54-51)42-30-26-36(27-31-42)41-34-40-18-7-8-21-46(40)48(35-41)38-16-5-2-6-17-38/h1-35H. The van der Waals surface area contributed by atoms with Crippen LogP contribution in [0.4, 0.5) is 17.1 Å². The Morgan fingerprint density at radius 2 is 0.833 bits per heavy atom.